The molecule has 2 aliphatic rings. The summed E-state index contributed by atoms with van der Waals surface area (Å²) in [4.78, 5) is 15.3. The van der Waals surface area contributed by atoms with Crippen LogP contribution in [-0.4, -0.2) is 38.7 Å². The number of nitrogens with zero attached hydrogens (tertiary/aromatic N) is 1. The summed E-state index contributed by atoms with van der Waals surface area (Å²) in [6.45, 7) is 7.18. The minimum atomic E-state index is -0.626. The number of hydrogen-bond donors (Lipinski definition) is 0. The lowest BCUT2D eigenvalue weighted by Crippen LogP contribution is -2.38. The Bertz CT molecular complexity index is 897. The first kappa shape index (κ1) is 25.2. The van der Waals surface area contributed by atoms with E-state index in [0.29, 0.717) is 17.1 Å². The van der Waals surface area contributed by atoms with E-state index in [4.69, 9.17) is 14.2 Å². The number of rotatable bonds is 9. The Kier molecular flexibility index (Phi) is 8.50. The molecule has 1 aliphatic carbocycles. The minimum Gasteiger partial charge on any atom is -0.493 e. The Morgan fingerprint density at radius 2 is 1.73 bits per heavy atom. The smallest absolute Gasteiger partial charge is 0.336 e. The van der Waals surface area contributed by atoms with Gasteiger partial charge in [-0.3, -0.25) is 0 Å². The molecule has 0 aromatic heterocycles. The van der Waals surface area contributed by atoms with Crippen molar-refractivity contribution < 1.29 is 19.0 Å². The number of esters is 1. The van der Waals surface area contributed by atoms with Crippen molar-refractivity contribution in [1.29, 1.82) is 0 Å². The van der Waals surface area contributed by atoms with E-state index in [9.17, 15) is 4.79 Å². The van der Waals surface area contributed by atoms with Crippen molar-refractivity contribution >= 4 is 5.97 Å². The second-order valence-corrected chi connectivity index (χ2v) is 9.66. The monoisotopic (exact) mass is 455 g/mol. The quantitative estimate of drug-likeness (QED) is 0.319. The van der Waals surface area contributed by atoms with E-state index in [-0.39, 0.29) is 5.97 Å². The second kappa shape index (κ2) is 11.1. The maximum Gasteiger partial charge on any atom is 0.336 e. The summed E-state index contributed by atoms with van der Waals surface area (Å²) in [5, 5.41) is 0. The van der Waals surface area contributed by atoms with Gasteiger partial charge in [0, 0.05) is 23.4 Å². The van der Waals surface area contributed by atoms with Crippen molar-refractivity contribution in [2.75, 3.05) is 27.9 Å². The van der Waals surface area contributed by atoms with E-state index in [2.05, 4.69) is 24.8 Å². The van der Waals surface area contributed by atoms with E-state index < -0.39 is 5.41 Å². The van der Waals surface area contributed by atoms with E-state index in [0.717, 1.165) is 35.8 Å². The molecule has 1 heterocycles. The standard InChI is InChI=1S/C28H41NO4/c1-20-19-28(3,23-15-16-24(31-4)25(18-23)32-5)26(27(30)33-6)21(2)29(20)17-11-10-14-22-12-8-7-9-13-22/h15-16,18-19,22H,7-14,17H2,1-6H3. The van der Waals surface area contributed by atoms with Gasteiger partial charge in [0.1, 0.15) is 0 Å². The van der Waals surface area contributed by atoms with E-state index in [1.165, 1.54) is 52.1 Å². The molecule has 1 fully saturated rings. The zero-order chi connectivity index (χ0) is 24.0. The van der Waals surface area contributed by atoms with E-state index >= 15 is 0 Å². The van der Waals surface area contributed by atoms with Gasteiger partial charge in [-0.25, -0.2) is 4.79 Å². The van der Waals surface area contributed by atoms with Crippen molar-refractivity contribution in [1.82, 2.24) is 4.90 Å². The van der Waals surface area contributed by atoms with Crippen LogP contribution in [0, 0.1) is 5.92 Å². The number of allylic oxidation sites excluding steroid dienone is 3. The molecule has 33 heavy (non-hydrogen) atoms. The molecule has 182 valence electrons. The maximum atomic E-state index is 13.0. The molecule has 1 aromatic carbocycles. The average Bonchev–Trinajstić information content (AvgIpc) is 2.83. The lowest BCUT2D eigenvalue weighted by atomic mass is 9.72. The Hall–Kier alpha value is -2.43. The molecule has 0 spiro atoms. The van der Waals surface area contributed by atoms with Crippen LogP contribution in [0.4, 0.5) is 0 Å². The van der Waals surface area contributed by atoms with E-state index in [1.807, 2.05) is 25.1 Å². The molecule has 1 unspecified atom stereocenters. The summed E-state index contributed by atoms with van der Waals surface area (Å²) in [7, 11) is 4.71. The first-order valence-corrected chi connectivity index (χ1v) is 12.3. The fourth-order valence-corrected chi connectivity index (χ4v) is 5.71. The van der Waals surface area contributed by atoms with Crippen molar-refractivity contribution in [3.05, 3.63) is 46.8 Å². The predicted octanol–water partition coefficient (Wildman–Crippen LogP) is 6.38. The summed E-state index contributed by atoms with van der Waals surface area (Å²) >= 11 is 0. The first-order valence-electron chi connectivity index (χ1n) is 12.3. The molecule has 0 amide bonds. The average molecular weight is 456 g/mol. The molecule has 1 saturated carbocycles. The summed E-state index contributed by atoms with van der Waals surface area (Å²) < 4.78 is 16.2. The van der Waals surface area contributed by atoms with E-state index in [1.54, 1.807) is 14.2 Å². The molecule has 0 saturated heterocycles. The van der Waals surface area contributed by atoms with Crippen LogP contribution in [0.5, 0.6) is 11.5 Å². The molecule has 5 nitrogen and oxygen atoms in total. The molecular formula is C28H41NO4. The molecular weight excluding hydrogens is 414 g/mol. The van der Waals surface area contributed by atoms with Crippen LogP contribution >= 0.6 is 0 Å². The summed E-state index contributed by atoms with van der Waals surface area (Å²) in [6.07, 6.45) is 12.9. The predicted molar refractivity (Wildman–Crippen MR) is 133 cm³/mol. The van der Waals surface area contributed by atoms with Crippen molar-refractivity contribution in [3.63, 3.8) is 0 Å². The first-order chi connectivity index (χ1) is 15.8. The molecule has 1 atom stereocenters. The van der Waals surface area contributed by atoms with Gasteiger partial charge in [-0.1, -0.05) is 57.1 Å². The van der Waals surface area contributed by atoms with Gasteiger partial charge in [0.05, 0.1) is 26.9 Å². The molecule has 0 N–H and O–H groups in total. The highest BCUT2D eigenvalue weighted by Crippen LogP contribution is 2.44. The topological polar surface area (TPSA) is 48.0 Å². The number of ether oxygens (including phenoxy) is 3. The molecule has 0 bridgehead atoms. The van der Waals surface area contributed by atoms with Crippen LogP contribution in [0.2, 0.25) is 0 Å². The highest BCUT2D eigenvalue weighted by atomic mass is 16.5. The zero-order valence-electron chi connectivity index (χ0n) is 21.3. The number of carbonyl (C=O) groups is 1. The van der Waals surface area contributed by atoms with Gasteiger partial charge in [-0.05, 0) is 50.8 Å². The van der Waals surface area contributed by atoms with Crippen molar-refractivity contribution in [2.24, 2.45) is 5.92 Å². The van der Waals surface area contributed by atoms with Gasteiger partial charge in [-0.2, -0.15) is 0 Å². The molecule has 0 radical (unpaired) electrons. The third-order valence-corrected chi connectivity index (χ3v) is 7.55. The Balaban J connectivity index is 1.84. The Morgan fingerprint density at radius 1 is 1.03 bits per heavy atom. The van der Waals surface area contributed by atoms with Crippen LogP contribution in [0.1, 0.15) is 77.7 Å². The van der Waals surface area contributed by atoms with Crippen LogP contribution in [0.3, 0.4) is 0 Å². The molecule has 1 aliphatic heterocycles. The fourth-order valence-electron chi connectivity index (χ4n) is 5.71. The van der Waals surface area contributed by atoms with Crippen molar-refractivity contribution in [3.8, 4) is 11.5 Å². The van der Waals surface area contributed by atoms with Crippen LogP contribution in [0.25, 0.3) is 0 Å². The normalized spacial score (nSPS) is 21.6. The molecule has 5 heteroatoms. The number of methoxy groups -OCH3 is 3. The van der Waals surface area contributed by atoms with Crippen LogP contribution in [-0.2, 0) is 14.9 Å². The van der Waals surface area contributed by atoms with Crippen LogP contribution < -0.4 is 9.47 Å². The fraction of sp³-hybridized carbons (Fsp3) is 0.607. The lowest BCUT2D eigenvalue weighted by Gasteiger charge is -2.40. The number of hydrogen-bond acceptors (Lipinski definition) is 5. The van der Waals surface area contributed by atoms with Gasteiger partial charge in [0.15, 0.2) is 11.5 Å². The van der Waals surface area contributed by atoms with Gasteiger partial charge in [-0.15, -0.1) is 0 Å². The SMILES string of the molecule is COC(=O)C1=C(C)N(CCCCC2CCCCC2)C(C)=CC1(C)c1ccc(OC)c(OC)c1. The number of unbranched alkanes of at least 4 members (excludes halogenated alkanes) is 1. The summed E-state index contributed by atoms with van der Waals surface area (Å²) in [5.74, 6) is 1.93. The van der Waals surface area contributed by atoms with Gasteiger partial charge in [0.2, 0.25) is 0 Å². The number of carbonyl (C=O) groups excluding carboxylic acids is 1. The van der Waals surface area contributed by atoms with Crippen LogP contribution in [0.15, 0.2) is 41.2 Å². The summed E-state index contributed by atoms with van der Waals surface area (Å²) in [5.41, 5.74) is 3.15. The third-order valence-electron chi connectivity index (χ3n) is 7.55. The third kappa shape index (κ3) is 5.39. The molecule has 3 rings (SSSR count). The largest absolute Gasteiger partial charge is 0.493 e. The lowest BCUT2D eigenvalue weighted by molar-refractivity contribution is -0.137. The second-order valence-electron chi connectivity index (χ2n) is 9.66. The van der Waals surface area contributed by atoms with Gasteiger partial charge in [0.25, 0.3) is 0 Å². The molecule has 1 aromatic rings. The van der Waals surface area contributed by atoms with Gasteiger partial charge < -0.3 is 19.1 Å². The zero-order valence-corrected chi connectivity index (χ0v) is 21.3. The Morgan fingerprint density at radius 3 is 2.36 bits per heavy atom. The summed E-state index contributed by atoms with van der Waals surface area (Å²) in [6, 6.07) is 5.85. The number of benzene rings is 1. The minimum absolute atomic E-state index is 0.291. The van der Waals surface area contributed by atoms with Gasteiger partial charge >= 0.3 is 5.97 Å². The Labute approximate surface area is 199 Å². The maximum absolute atomic E-state index is 13.0. The van der Waals surface area contributed by atoms with Crippen molar-refractivity contribution in [2.45, 2.75) is 77.6 Å². The highest BCUT2D eigenvalue weighted by molar-refractivity contribution is 5.93. The highest BCUT2D eigenvalue weighted by Gasteiger charge is 2.41.